The molecule has 4 heterocycles. The molecule has 0 aliphatic carbocycles. The van der Waals surface area contributed by atoms with Gasteiger partial charge in [0.15, 0.2) is 0 Å². The van der Waals surface area contributed by atoms with Gasteiger partial charge in [-0.2, -0.15) is 11.3 Å². The lowest BCUT2D eigenvalue weighted by Gasteiger charge is -2.12. The van der Waals surface area contributed by atoms with Gasteiger partial charge in [-0.25, -0.2) is 0 Å². The Balaban J connectivity index is 1.66. The topological polar surface area (TPSA) is 42.7 Å². The van der Waals surface area contributed by atoms with E-state index in [1.165, 1.54) is 24.2 Å². The van der Waals surface area contributed by atoms with Gasteiger partial charge in [0.25, 0.3) is 0 Å². The van der Waals surface area contributed by atoms with Crippen molar-refractivity contribution in [1.29, 1.82) is 0 Å². The molecular formula is C13H16N4S. The Morgan fingerprint density at radius 1 is 1.33 bits per heavy atom. The van der Waals surface area contributed by atoms with Crippen LogP contribution in [0.15, 0.2) is 16.8 Å². The molecule has 2 bridgehead atoms. The molecule has 0 saturated carbocycles. The quantitative estimate of drug-likeness (QED) is 0.892. The minimum Gasteiger partial charge on any atom is -0.313 e. The normalized spacial score (nSPS) is 26.0. The van der Waals surface area contributed by atoms with Crippen LogP contribution in [0, 0.1) is 0 Å². The molecule has 0 spiro atoms. The van der Waals surface area contributed by atoms with E-state index in [1.54, 1.807) is 11.3 Å². The van der Waals surface area contributed by atoms with Gasteiger partial charge in [0.05, 0.1) is 0 Å². The predicted molar refractivity (Wildman–Crippen MR) is 70.8 cm³/mol. The summed E-state index contributed by atoms with van der Waals surface area (Å²) >= 11 is 1.75. The molecule has 1 N–H and O–H groups in total. The zero-order valence-corrected chi connectivity index (χ0v) is 11.0. The first-order chi connectivity index (χ1) is 8.88. The van der Waals surface area contributed by atoms with Crippen LogP contribution in [-0.2, 0) is 19.4 Å². The van der Waals surface area contributed by atoms with Gasteiger partial charge in [-0.3, -0.25) is 0 Å². The van der Waals surface area contributed by atoms with Crippen molar-refractivity contribution in [3.05, 3.63) is 34.0 Å². The van der Waals surface area contributed by atoms with Gasteiger partial charge in [-0.05, 0) is 35.2 Å². The van der Waals surface area contributed by atoms with E-state index in [4.69, 9.17) is 0 Å². The summed E-state index contributed by atoms with van der Waals surface area (Å²) in [6.45, 7) is 1.04. The maximum absolute atomic E-state index is 4.40. The van der Waals surface area contributed by atoms with Crippen molar-refractivity contribution >= 4 is 11.3 Å². The smallest absolute Gasteiger partial charge is 0.137 e. The Morgan fingerprint density at radius 3 is 3.17 bits per heavy atom. The monoisotopic (exact) mass is 260 g/mol. The van der Waals surface area contributed by atoms with E-state index in [2.05, 4.69) is 36.9 Å². The Hall–Kier alpha value is -1.20. The van der Waals surface area contributed by atoms with E-state index in [1.807, 2.05) is 0 Å². The highest BCUT2D eigenvalue weighted by Crippen LogP contribution is 2.23. The Bertz CT molecular complexity index is 545. The zero-order valence-electron chi connectivity index (χ0n) is 10.2. The zero-order chi connectivity index (χ0) is 11.9. The summed E-state index contributed by atoms with van der Waals surface area (Å²) in [7, 11) is 0. The molecule has 5 heteroatoms. The maximum atomic E-state index is 4.40. The van der Waals surface area contributed by atoms with Crippen molar-refractivity contribution in [2.75, 3.05) is 0 Å². The lowest BCUT2D eigenvalue weighted by Crippen LogP contribution is -2.30. The van der Waals surface area contributed by atoms with Crippen molar-refractivity contribution < 1.29 is 0 Å². The van der Waals surface area contributed by atoms with Crippen molar-refractivity contribution in [2.24, 2.45) is 0 Å². The van der Waals surface area contributed by atoms with E-state index < -0.39 is 0 Å². The van der Waals surface area contributed by atoms with Gasteiger partial charge in [-0.15, -0.1) is 10.2 Å². The molecule has 0 amide bonds. The molecule has 2 aliphatic heterocycles. The SMILES string of the molecule is c1cc(Cc2nnc3n2CC2CCC(C3)N2)cs1. The molecular weight excluding hydrogens is 244 g/mol. The Morgan fingerprint density at radius 2 is 2.28 bits per heavy atom. The predicted octanol–water partition coefficient (Wildman–Crippen LogP) is 1.61. The van der Waals surface area contributed by atoms with Gasteiger partial charge in [0.1, 0.15) is 11.6 Å². The second-order valence-corrected chi connectivity index (χ2v) is 6.07. The molecule has 0 aromatic carbocycles. The van der Waals surface area contributed by atoms with Gasteiger partial charge < -0.3 is 9.88 Å². The van der Waals surface area contributed by atoms with Crippen LogP contribution in [0.2, 0.25) is 0 Å². The lowest BCUT2D eigenvalue weighted by molar-refractivity contribution is 0.498. The average Bonchev–Trinajstić information content (AvgIpc) is 3.04. The third kappa shape index (κ3) is 1.78. The Labute approximate surface area is 110 Å². The van der Waals surface area contributed by atoms with Gasteiger partial charge >= 0.3 is 0 Å². The number of nitrogens with zero attached hydrogens (tertiary/aromatic N) is 3. The molecule has 2 aromatic heterocycles. The van der Waals surface area contributed by atoms with Crippen LogP contribution in [0.4, 0.5) is 0 Å². The number of rotatable bonds is 2. The number of thiophene rings is 1. The number of hydrogen-bond acceptors (Lipinski definition) is 4. The van der Waals surface area contributed by atoms with Crippen molar-refractivity contribution in [2.45, 2.75) is 44.3 Å². The molecule has 4 rings (SSSR count). The van der Waals surface area contributed by atoms with E-state index in [0.29, 0.717) is 12.1 Å². The highest BCUT2D eigenvalue weighted by molar-refractivity contribution is 7.07. The molecule has 2 aromatic rings. The lowest BCUT2D eigenvalue weighted by atomic mass is 10.1. The maximum Gasteiger partial charge on any atom is 0.137 e. The third-order valence-corrected chi connectivity index (χ3v) is 4.75. The van der Waals surface area contributed by atoms with Crippen molar-refractivity contribution in [1.82, 2.24) is 20.1 Å². The fraction of sp³-hybridized carbons (Fsp3) is 0.538. The minimum atomic E-state index is 0.619. The van der Waals surface area contributed by atoms with Crippen LogP contribution < -0.4 is 5.32 Å². The molecule has 4 nitrogen and oxygen atoms in total. The highest BCUT2D eigenvalue weighted by Gasteiger charge is 2.30. The standard InChI is InChI=1S/C13H16N4S/c1-2-11-7-17-12(5-9-3-4-18-8-9)15-16-13(17)6-10(1)14-11/h3-4,8,10-11,14H,1-2,5-7H2. The second kappa shape index (κ2) is 4.17. The van der Waals surface area contributed by atoms with Crippen LogP contribution in [0.3, 0.4) is 0 Å². The Kier molecular flexibility index (Phi) is 2.48. The second-order valence-electron chi connectivity index (χ2n) is 5.29. The number of hydrogen-bond donors (Lipinski definition) is 1. The molecule has 2 unspecified atom stereocenters. The van der Waals surface area contributed by atoms with Gasteiger partial charge in [-0.1, -0.05) is 0 Å². The first-order valence-corrected chi connectivity index (χ1v) is 7.51. The summed E-state index contributed by atoms with van der Waals surface area (Å²) in [6.07, 6.45) is 4.53. The molecule has 0 radical (unpaired) electrons. The van der Waals surface area contributed by atoms with Gasteiger partial charge in [0, 0.05) is 31.5 Å². The summed E-state index contributed by atoms with van der Waals surface area (Å²) in [6, 6.07) is 3.41. The largest absolute Gasteiger partial charge is 0.313 e. The first kappa shape index (κ1) is 10.7. The number of fused-ring (bicyclic) bond motifs is 3. The van der Waals surface area contributed by atoms with Crippen molar-refractivity contribution in [3.8, 4) is 0 Å². The number of aromatic nitrogens is 3. The fourth-order valence-corrected chi connectivity index (χ4v) is 3.76. The summed E-state index contributed by atoms with van der Waals surface area (Å²) in [5.41, 5.74) is 1.34. The molecule has 2 atom stereocenters. The third-order valence-electron chi connectivity index (χ3n) is 4.01. The summed E-state index contributed by atoms with van der Waals surface area (Å²) in [5.74, 6) is 2.29. The highest BCUT2D eigenvalue weighted by atomic mass is 32.1. The summed E-state index contributed by atoms with van der Waals surface area (Å²) in [5, 5.41) is 16.8. The molecule has 2 aliphatic rings. The molecule has 18 heavy (non-hydrogen) atoms. The number of nitrogens with one attached hydrogen (secondary N) is 1. The van der Waals surface area contributed by atoms with Crippen molar-refractivity contribution in [3.63, 3.8) is 0 Å². The summed E-state index contributed by atoms with van der Waals surface area (Å²) in [4.78, 5) is 0. The van der Waals surface area contributed by atoms with E-state index in [0.717, 1.165) is 25.2 Å². The van der Waals surface area contributed by atoms with Crippen LogP contribution in [-0.4, -0.2) is 26.8 Å². The fourth-order valence-electron chi connectivity index (χ4n) is 3.09. The molecule has 1 fully saturated rings. The minimum absolute atomic E-state index is 0.619. The van der Waals surface area contributed by atoms with E-state index >= 15 is 0 Å². The van der Waals surface area contributed by atoms with E-state index in [-0.39, 0.29) is 0 Å². The van der Waals surface area contributed by atoms with E-state index in [9.17, 15) is 0 Å². The average molecular weight is 260 g/mol. The van der Waals surface area contributed by atoms with Gasteiger partial charge in [0.2, 0.25) is 0 Å². The van der Waals surface area contributed by atoms with Crippen LogP contribution >= 0.6 is 11.3 Å². The molecule has 1 saturated heterocycles. The summed E-state index contributed by atoms with van der Waals surface area (Å²) < 4.78 is 2.34. The van der Waals surface area contributed by atoms with Crippen LogP contribution in [0.1, 0.15) is 30.1 Å². The first-order valence-electron chi connectivity index (χ1n) is 6.56. The van der Waals surface area contributed by atoms with Crippen LogP contribution in [0.25, 0.3) is 0 Å². The van der Waals surface area contributed by atoms with Crippen LogP contribution in [0.5, 0.6) is 0 Å². The molecule has 94 valence electrons.